The average Bonchev–Trinajstić information content (AvgIpc) is 3.18. The summed E-state index contributed by atoms with van der Waals surface area (Å²) in [5.41, 5.74) is 2.07. The van der Waals surface area contributed by atoms with Gasteiger partial charge in [-0.3, -0.25) is 4.79 Å². The van der Waals surface area contributed by atoms with Gasteiger partial charge in [0.15, 0.2) is 0 Å². The standard InChI is InChI=1S/C26H32ClN5O2/c1-18(2)16-31(25(34)28-20-11-9-10-19(27)14-20)17-24(33)29-23-15-22(26(3,4)5)30-32(23)21-12-7-6-8-13-21/h6-15,18H,16-17H2,1-5H3,(H,28,34)(H,29,33). The lowest BCUT2D eigenvalue weighted by molar-refractivity contribution is -0.116. The number of anilines is 2. The van der Waals surface area contributed by atoms with Gasteiger partial charge in [-0.25, -0.2) is 9.48 Å². The molecule has 0 atom stereocenters. The molecular formula is C26H32ClN5O2. The number of benzene rings is 2. The molecule has 0 aliphatic heterocycles. The highest BCUT2D eigenvalue weighted by molar-refractivity contribution is 6.30. The first-order chi connectivity index (χ1) is 16.0. The van der Waals surface area contributed by atoms with E-state index in [-0.39, 0.29) is 29.8 Å². The molecule has 3 aromatic rings. The lowest BCUT2D eigenvalue weighted by Gasteiger charge is -2.24. The molecule has 0 spiro atoms. The van der Waals surface area contributed by atoms with Crippen molar-refractivity contribution in [1.82, 2.24) is 14.7 Å². The summed E-state index contributed by atoms with van der Waals surface area (Å²) in [6.45, 7) is 10.5. The van der Waals surface area contributed by atoms with E-state index in [2.05, 4.69) is 31.4 Å². The number of carbonyl (C=O) groups is 2. The second-order valence-corrected chi connectivity index (χ2v) is 10.1. The van der Waals surface area contributed by atoms with Crippen LogP contribution in [0.2, 0.25) is 5.02 Å². The predicted molar refractivity (Wildman–Crippen MR) is 138 cm³/mol. The Balaban J connectivity index is 1.80. The van der Waals surface area contributed by atoms with Crippen molar-refractivity contribution in [2.24, 2.45) is 5.92 Å². The first kappa shape index (κ1) is 25.3. The maximum atomic E-state index is 13.1. The van der Waals surface area contributed by atoms with Gasteiger partial charge in [0.1, 0.15) is 12.4 Å². The van der Waals surface area contributed by atoms with Crippen LogP contribution < -0.4 is 10.6 Å². The molecule has 0 unspecified atom stereocenters. The zero-order valence-corrected chi connectivity index (χ0v) is 21.1. The highest BCUT2D eigenvalue weighted by atomic mass is 35.5. The van der Waals surface area contributed by atoms with E-state index in [1.165, 1.54) is 4.90 Å². The molecule has 0 saturated carbocycles. The van der Waals surface area contributed by atoms with E-state index in [4.69, 9.17) is 16.7 Å². The summed E-state index contributed by atoms with van der Waals surface area (Å²) in [5, 5.41) is 11.0. The first-order valence-corrected chi connectivity index (χ1v) is 11.7. The number of halogens is 1. The fraction of sp³-hybridized carbons (Fsp3) is 0.346. The van der Waals surface area contributed by atoms with Crippen molar-refractivity contribution in [1.29, 1.82) is 0 Å². The van der Waals surface area contributed by atoms with Gasteiger partial charge in [0.05, 0.1) is 11.4 Å². The topological polar surface area (TPSA) is 79.3 Å². The molecule has 0 aliphatic rings. The van der Waals surface area contributed by atoms with Gasteiger partial charge in [-0.2, -0.15) is 5.10 Å². The number of carbonyl (C=O) groups excluding carboxylic acids is 2. The molecule has 2 aromatic carbocycles. The van der Waals surface area contributed by atoms with E-state index >= 15 is 0 Å². The summed E-state index contributed by atoms with van der Waals surface area (Å²) in [4.78, 5) is 27.5. The summed E-state index contributed by atoms with van der Waals surface area (Å²) in [6, 6.07) is 18.1. The number of hydrogen-bond donors (Lipinski definition) is 2. The highest BCUT2D eigenvalue weighted by Crippen LogP contribution is 2.26. The number of nitrogens with one attached hydrogen (secondary N) is 2. The van der Waals surface area contributed by atoms with Gasteiger partial charge in [-0.15, -0.1) is 0 Å². The molecule has 0 aliphatic carbocycles. The van der Waals surface area contributed by atoms with Crippen LogP contribution in [-0.4, -0.2) is 39.7 Å². The number of aromatic nitrogens is 2. The van der Waals surface area contributed by atoms with Crippen molar-refractivity contribution < 1.29 is 9.59 Å². The third-order valence-electron chi connectivity index (χ3n) is 5.03. The van der Waals surface area contributed by atoms with Gasteiger partial charge in [0, 0.05) is 28.7 Å². The zero-order valence-electron chi connectivity index (χ0n) is 20.3. The van der Waals surface area contributed by atoms with Crippen molar-refractivity contribution in [3.63, 3.8) is 0 Å². The van der Waals surface area contributed by atoms with Crippen molar-refractivity contribution >= 4 is 35.0 Å². The third-order valence-corrected chi connectivity index (χ3v) is 5.26. The van der Waals surface area contributed by atoms with Crippen LogP contribution in [0.5, 0.6) is 0 Å². The smallest absolute Gasteiger partial charge is 0.315 e. The molecule has 1 heterocycles. The van der Waals surface area contributed by atoms with Crippen LogP contribution in [0.3, 0.4) is 0 Å². The molecule has 34 heavy (non-hydrogen) atoms. The Morgan fingerprint density at radius 3 is 2.35 bits per heavy atom. The number of urea groups is 1. The molecule has 7 nitrogen and oxygen atoms in total. The van der Waals surface area contributed by atoms with Gasteiger partial charge in [-0.05, 0) is 36.2 Å². The van der Waals surface area contributed by atoms with Gasteiger partial charge in [-0.1, -0.05) is 70.5 Å². The monoisotopic (exact) mass is 481 g/mol. The van der Waals surface area contributed by atoms with Crippen molar-refractivity contribution in [2.45, 2.75) is 40.0 Å². The molecule has 1 aromatic heterocycles. The maximum absolute atomic E-state index is 13.1. The normalized spacial score (nSPS) is 11.4. The minimum atomic E-state index is -0.363. The van der Waals surface area contributed by atoms with E-state index in [1.54, 1.807) is 28.9 Å². The number of hydrogen-bond acceptors (Lipinski definition) is 3. The molecule has 8 heteroatoms. The quantitative estimate of drug-likeness (QED) is 0.437. The van der Waals surface area contributed by atoms with E-state index < -0.39 is 0 Å². The number of rotatable bonds is 7. The number of nitrogens with zero attached hydrogens (tertiary/aromatic N) is 3. The van der Waals surface area contributed by atoms with Gasteiger partial charge >= 0.3 is 6.03 Å². The van der Waals surface area contributed by atoms with Crippen LogP contribution in [0, 0.1) is 5.92 Å². The molecule has 180 valence electrons. The second-order valence-electron chi connectivity index (χ2n) is 9.68. The predicted octanol–water partition coefficient (Wildman–Crippen LogP) is 5.95. The Hall–Kier alpha value is -3.32. The lowest BCUT2D eigenvalue weighted by atomic mass is 9.92. The molecule has 0 saturated heterocycles. The Bertz CT molecular complexity index is 1140. The number of para-hydroxylation sites is 1. The Labute approximate surface area is 206 Å². The van der Waals surface area contributed by atoms with E-state index in [1.807, 2.05) is 50.2 Å². The summed E-state index contributed by atoms with van der Waals surface area (Å²) >= 11 is 6.03. The zero-order chi connectivity index (χ0) is 24.9. The fourth-order valence-electron chi connectivity index (χ4n) is 3.39. The van der Waals surface area contributed by atoms with Gasteiger partial charge in [0.2, 0.25) is 5.91 Å². The van der Waals surface area contributed by atoms with Crippen LogP contribution in [-0.2, 0) is 10.2 Å². The van der Waals surface area contributed by atoms with E-state index in [0.29, 0.717) is 23.1 Å². The van der Waals surface area contributed by atoms with Crippen LogP contribution in [0.25, 0.3) is 5.69 Å². The van der Waals surface area contributed by atoms with Crippen LogP contribution in [0.4, 0.5) is 16.3 Å². The molecular weight excluding hydrogens is 450 g/mol. The van der Waals surface area contributed by atoms with Crippen molar-refractivity contribution in [3.8, 4) is 5.69 Å². The fourth-order valence-corrected chi connectivity index (χ4v) is 3.58. The second kappa shape index (κ2) is 10.7. The maximum Gasteiger partial charge on any atom is 0.322 e. The highest BCUT2D eigenvalue weighted by Gasteiger charge is 2.23. The van der Waals surface area contributed by atoms with E-state index in [0.717, 1.165) is 11.4 Å². The first-order valence-electron chi connectivity index (χ1n) is 11.3. The minimum absolute atomic E-state index is 0.102. The third kappa shape index (κ3) is 6.84. The van der Waals surface area contributed by atoms with Crippen LogP contribution >= 0.6 is 11.6 Å². The molecule has 0 fully saturated rings. The minimum Gasteiger partial charge on any atom is -0.315 e. The Kier molecular flexibility index (Phi) is 7.99. The molecule has 2 N–H and O–H groups in total. The van der Waals surface area contributed by atoms with Crippen molar-refractivity contribution in [2.75, 3.05) is 23.7 Å². The van der Waals surface area contributed by atoms with Crippen LogP contribution in [0.1, 0.15) is 40.3 Å². The van der Waals surface area contributed by atoms with Gasteiger partial charge < -0.3 is 15.5 Å². The molecule has 3 rings (SSSR count). The summed E-state index contributed by atoms with van der Waals surface area (Å²) in [6.07, 6.45) is 0. The molecule has 3 amide bonds. The SMILES string of the molecule is CC(C)CN(CC(=O)Nc1cc(C(C)(C)C)nn1-c1ccccc1)C(=O)Nc1cccc(Cl)c1. The molecule has 0 radical (unpaired) electrons. The van der Waals surface area contributed by atoms with Gasteiger partial charge in [0.25, 0.3) is 0 Å². The largest absolute Gasteiger partial charge is 0.322 e. The molecule has 0 bridgehead atoms. The lowest BCUT2D eigenvalue weighted by Crippen LogP contribution is -2.42. The summed E-state index contributed by atoms with van der Waals surface area (Å²) < 4.78 is 1.72. The summed E-state index contributed by atoms with van der Waals surface area (Å²) in [7, 11) is 0. The number of amides is 3. The Morgan fingerprint density at radius 1 is 1.03 bits per heavy atom. The Morgan fingerprint density at radius 2 is 1.74 bits per heavy atom. The average molecular weight is 482 g/mol. The van der Waals surface area contributed by atoms with E-state index in [9.17, 15) is 9.59 Å². The summed E-state index contributed by atoms with van der Waals surface area (Å²) in [5.74, 6) is 0.431. The van der Waals surface area contributed by atoms with Crippen molar-refractivity contribution in [3.05, 3.63) is 71.4 Å². The van der Waals surface area contributed by atoms with Crippen LogP contribution in [0.15, 0.2) is 60.7 Å².